The number of nitrogens with zero attached hydrogens (tertiary/aromatic N) is 4. The molecule has 2 unspecified atom stereocenters. The van der Waals surface area contributed by atoms with Crippen LogP contribution in [-0.2, 0) is 19.6 Å². The van der Waals surface area contributed by atoms with E-state index in [0.717, 1.165) is 23.0 Å². The number of fused-ring (bicyclic) bond motifs is 1. The molecule has 4 rings (SSSR count). The molecule has 3 aromatic rings. The van der Waals surface area contributed by atoms with Crippen LogP contribution in [0.15, 0.2) is 27.8 Å². The lowest BCUT2D eigenvalue weighted by atomic mass is 10.2. The van der Waals surface area contributed by atoms with Gasteiger partial charge in [0.2, 0.25) is 5.95 Å². The summed E-state index contributed by atoms with van der Waals surface area (Å²) in [4.78, 5) is 30.8. The van der Waals surface area contributed by atoms with Crippen molar-refractivity contribution in [1.29, 1.82) is 0 Å². The third kappa shape index (κ3) is 4.25. The van der Waals surface area contributed by atoms with Crippen LogP contribution in [0.5, 0.6) is 5.75 Å². The van der Waals surface area contributed by atoms with E-state index in [-0.39, 0.29) is 43.4 Å². The molecule has 0 aliphatic heterocycles. The van der Waals surface area contributed by atoms with Crippen molar-refractivity contribution in [3.63, 3.8) is 0 Å². The summed E-state index contributed by atoms with van der Waals surface area (Å²) in [6.07, 6.45) is 1.80. The van der Waals surface area contributed by atoms with Gasteiger partial charge in [-0.05, 0) is 43.9 Å². The van der Waals surface area contributed by atoms with Gasteiger partial charge in [-0.25, -0.2) is 4.79 Å². The van der Waals surface area contributed by atoms with Gasteiger partial charge < -0.3 is 20.3 Å². The molecule has 0 spiro atoms. The molecule has 1 aliphatic carbocycles. The normalized spacial score (nSPS) is 18.2. The molecule has 178 valence electrons. The van der Waals surface area contributed by atoms with Crippen LogP contribution >= 0.6 is 11.6 Å². The van der Waals surface area contributed by atoms with Crippen molar-refractivity contribution in [1.82, 2.24) is 18.7 Å². The molecule has 2 heterocycles. The molecule has 11 heteroatoms. The molecule has 1 fully saturated rings. The minimum absolute atomic E-state index is 0.00643. The molecular weight excluding hydrogens is 450 g/mol. The molecule has 0 amide bonds. The van der Waals surface area contributed by atoms with Crippen LogP contribution in [0.4, 0.5) is 5.95 Å². The maximum absolute atomic E-state index is 13.3. The molecule has 0 saturated heterocycles. The molecule has 1 saturated carbocycles. The lowest BCUT2D eigenvalue weighted by Gasteiger charge is -2.18. The molecule has 0 radical (unpaired) electrons. The van der Waals surface area contributed by atoms with Crippen LogP contribution in [0.2, 0.25) is 5.02 Å². The highest BCUT2D eigenvalue weighted by atomic mass is 35.5. The average molecular weight is 478 g/mol. The second-order valence-corrected chi connectivity index (χ2v) is 8.53. The topological polar surface area (TPSA) is 124 Å². The van der Waals surface area contributed by atoms with E-state index in [1.54, 1.807) is 23.6 Å². The lowest BCUT2D eigenvalue weighted by molar-refractivity contribution is 0.171. The van der Waals surface area contributed by atoms with Crippen molar-refractivity contribution in [3.05, 3.63) is 49.6 Å². The zero-order chi connectivity index (χ0) is 23.7. The highest BCUT2D eigenvalue weighted by Gasteiger charge is 2.28. The zero-order valence-corrected chi connectivity index (χ0v) is 19.4. The Hall–Kier alpha value is -2.82. The fourth-order valence-corrected chi connectivity index (χ4v) is 4.68. The number of aliphatic hydroxyl groups is 2. The monoisotopic (exact) mass is 477 g/mol. The molecule has 1 aliphatic rings. The summed E-state index contributed by atoms with van der Waals surface area (Å²) in [5.74, 6) is 0.911. The van der Waals surface area contributed by atoms with E-state index in [1.807, 2.05) is 6.07 Å². The number of nitrogens with one attached hydrogen (secondary N) is 1. The van der Waals surface area contributed by atoms with Gasteiger partial charge in [0.15, 0.2) is 11.2 Å². The summed E-state index contributed by atoms with van der Waals surface area (Å²) in [6, 6.07) is 5.12. The maximum Gasteiger partial charge on any atom is 0.332 e. The van der Waals surface area contributed by atoms with Crippen LogP contribution in [0.1, 0.15) is 31.7 Å². The number of rotatable bonds is 8. The fourth-order valence-electron chi connectivity index (χ4n) is 4.40. The quantitative estimate of drug-likeness (QED) is 0.448. The van der Waals surface area contributed by atoms with Gasteiger partial charge in [-0.2, -0.15) is 4.98 Å². The minimum Gasteiger partial charge on any atom is -0.495 e. The molecule has 2 atom stereocenters. The zero-order valence-electron chi connectivity index (χ0n) is 18.6. The van der Waals surface area contributed by atoms with E-state index in [4.69, 9.17) is 16.3 Å². The first-order chi connectivity index (χ1) is 15.9. The first kappa shape index (κ1) is 23.3. The van der Waals surface area contributed by atoms with Crippen molar-refractivity contribution >= 4 is 28.7 Å². The smallest absolute Gasteiger partial charge is 0.332 e. The van der Waals surface area contributed by atoms with Crippen molar-refractivity contribution in [3.8, 4) is 5.75 Å². The number of hydrogen-bond donors (Lipinski definition) is 3. The van der Waals surface area contributed by atoms with E-state index in [9.17, 15) is 19.8 Å². The minimum atomic E-state index is -0.527. The second kappa shape index (κ2) is 9.58. The largest absolute Gasteiger partial charge is 0.495 e. The van der Waals surface area contributed by atoms with Crippen LogP contribution < -0.4 is 21.3 Å². The van der Waals surface area contributed by atoms with Gasteiger partial charge in [0.05, 0.1) is 44.0 Å². The van der Waals surface area contributed by atoms with E-state index in [0.29, 0.717) is 23.1 Å². The number of benzene rings is 1. The maximum atomic E-state index is 13.3. The van der Waals surface area contributed by atoms with E-state index < -0.39 is 17.4 Å². The molecule has 33 heavy (non-hydrogen) atoms. The molecule has 2 aromatic heterocycles. The molecule has 1 aromatic carbocycles. The SMILES string of the molecule is CCn1c(=O)c2c(nc(NC3CCCC3O)n2Cc2ccc(OC)c(Cl)c2)n(CCO)c1=O. The number of anilines is 1. The predicted molar refractivity (Wildman–Crippen MR) is 125 cm³/mol. The van der Waals surface area contributed by atoms with Gasteiger partial charge >= 0.3 is 5.69 Å². The molecule has 0 bridgehead atoms. The number of hydrogen-bond acceptors (Lipinski definition) is 7. The summed E-state index contributed by atoms with van der Waals surface area (Å²) in [5.41, 5.74) is 0.259. The van der Waals surface area contributed by atoms with E-state index in [2.05, 4.69) is 10.3 Å². The first-order valence-corrected chi connectivity index (χ1v) is 11.4. The Labute approximate surface area is 195 Å². The van der Waals surface area contributed by atoms with Gasteiger partial charge in [-0.3, -0.25) is 18.5 Å². The number of halogens is 1. The Morgan fingerprint density at radius 3 is 2.64 bits per heavy atom. The predicted octanol–water partition coefficient (Wildman–Crippen LogP) is 1.41. The van der Waals surface area contributed by atoms with Crippen molar-refractivity contribution < 1.29 is 14.9 Å². The molecule has 10 nitrogen and oxygen atoms in total. The van der Waals surface area contributed by atoms with Crippen molar-refractivity contribution in [2.45, 2.75) is 58.0 Å². The van der Waals surface area contributed by atoms with Gasteiger partial charge in [0, 0.05) is 6.54 Å². The summed E-state index contributed by atoms with van der Waals surface area (Å²) in [5, 5.41) is 23.6. The Morgan fingerprint density at radius 2 is 2.03 bits per heavy atom. The summed E-state index contributed by atoms with van der Waals surface area (Å²) in [6.45, 7) is 1.88. The lowest BCUT2D eigenvalue weighted by Crippen LogP contribution is -2.40. The highest BCUT2D eigenvalue weighted by Crippen LogP contribution is 2.28. The fraction of sp³-hybridized carbons (Fsp3) is 0.500. The summed E-state index contributed by atoms with van der Waals surface area (Å²) < 4.78 is 9.38. The molecular formula is C22H28ClN5O5. The Balaban J connectivity index is 1.93. The van der Waals surface area contributed by atoms with Crippen LogP contribution in [0, 0.1) is 0 Å². The van der Waals surface area contributed by atoms with Gasteiger partial charge in [0.1, 0.15) is 5.75 Å². The first-order valence-electron chi connectivity index (χ1n) is 11.0. The van der Waals surface area contributed by atoms with Crippen molar-refractivity contribution in [2.24, 2.45) is 0 Å². The van der Waals surface area contributed by atoms with Crippen LogP contribution in [0.3, 0.4) is 0 Å². The summed E-state index contributed by atoms with van der Waals surface area (Å²) >= 11 is 6.31. The van der Waals surface area contributed by atoms with E-state index in [1.165, 1.54) is 11.7 Å². The van der Waals surface area contributed by atoms with E-state index >= 15 is 0 Å². The van der Waals surface area contributed by atoms with Crippen molar-refractivity contribution in [2.75, 3.05) is 19.0 Å². The number of methoxy groups -OCH3 is 1. The Morgan fingerprint density at radius 1 is 1.24 bits per heavy atom. The van der Waals surface area contributed by atoms with Gasteiger partial charge in [-0.15, -0.1) is 0 Å². The number of ether oxygens (including phenoxy) is 1. The summed E-state index contributed by atoms with van der Waals surface area (Å²) in [7, 11) is 1.53. The highest BCUT2D eigenvalue weighted by molar-refractivity contribution is 6.32. The average Bonchev–Trinajstić information content (AvgIpc) is 3.35. The number of imidazole rings is 1. The molecule has 3 N–H and O–H groups in total. The Bertz CT molecular complexity index is 1280. The third-order valence-electron chi connectivity index (χ3n) is 6.11. The second-order valence-electron chi connectivity index (χ2n) is 8.12. The van der Waals surface area contributed by atoms with Gasteiger partial charge in [-0.1, -0.05) is 17.7 Å². The number of aliphatic hydroxyl groups excluding tert-OH is 2. The standard InChI is InChI=1S/C22H28ClN5O5/c1-3-26-20(31)18-19(27(9-10-29)22(26)32)25-21(24-15-5-4-6-16(15)30)28(18)12-13-7-8-17(33-2)14(23)11-13/h7-8,11,15-16,29-30H,3-6,9-10,12H2,1-2H3,(H,24,25). The number of aromatic nitrogens is 4. The van der Waals surface area contributed by atoms with Gasteiger partial charge in [0.25, 0.3) is 5.56 Å². The van der Waals surface area contributed by atoms with Crippen LogP contribution in [0.25, 0.3) is 11.2 Å². The third-order valence-corrected chi connectivity index (χ3v) is 6.40. The van der Waals surface area contributed by atoms with Crippen LogP contribution in [-0.4, -0.2) is 54.8 Å². The Kier molecular flexibility index (Phi) is 6.78.